The first-order valence-corrected chi connectivity index (χ1v) is 7.57. The van der Waals surface area contributed by atoms with Gasteiger partial charge in [0.1, 0.15) is 0 Å². The van der Waals surface area contributed by atoms with Crippen molar-refractivity contribution in [1.82, 2.24) is 10.6 Å². The van der Waals surface area contributed by atoms with Crippen LogP contribution in [0.25, 0.3) is 0 Å². The van der Waals surface area contributed by atoms with E-state index in [4.69, 9.17) is 0 Å². The van der Waals surface area contributed by atoms with Crippen LogP contribution in [0.1, 0.15) is 38.7 Å². The first-order chi connectivity index (χ1) is 9.60. The summed E-state index contributed by atoms with van der Waals surface area (Å²) in [4.78, 5) is 12.5. The second kappa shape index (κ2) is 8.75. The van der Waals surface area contributed by atoms with Crippen LogP contribution in [0, 0.1) is 11.8 Å². The summed E-state index contributed by atoms with van der Waals surface area (Å²) in [6.07, 6.45) is 0.999. The molecule has 3 nitrogen and oxygen atoms in total. The second-order valence-corrected chi connectivity index (χ2v) is 5.68. The summed E-state index contributed by atoms with van der Waals surface area (Å²) in [7, 11) is 1.93. The van der Waals surface area contributed by atoms with Gasteiger partial charge in [0, 0.05) is 6.54 Å². The highest BCUT2D eigenvalue weighted by molar-refractivity contribution is 5.83. The third-order valence-corrected chi connectivity index (χ3v) is 3.83. The highest BCUT2D eigenvalue weighted by Crippen LogP contribution is 2.27. The van der Waals surface area contributed by atoms with Gasteiger partial charge in [-0.1, -0.05) is 57.5 Å². The third kappa shape index (κ3) is 4.97. The Morgan fingerprint density at radius 3 is 2.35 bits per heavy atom. The number of benzene rings is 1. The molecule has 1 aromatic carbocycles. The first-order valence-electron chi connectivity index (χ1n) is 7.57. The molecule has 0 aliphatic rings. The van der Waals surface area contributed by atoms with Crippen LogP contribution in [0.4, 0.5) is 0 Å². The van der Waals surface area contributed by atoms with Gasteiger partial charge in [-0.2, -0.15) is 0 Å². The van der Waals surface area contributed by atoms with E-state index in [-0.39, 0.29) is 11.8 Å². The normalized spacial score (nSPS) is 15.4. The lowest BCUT2D eigenvalue weighted by molar-refractivity contribution is -0.123. The molecule has 112 valence electrons. The zero-order valence-corrected chi connectivity index (χ0v) is 13.1. The second-order valence-electron chi connectivity index (χ2n) is 5.68. The van der Waals surface area contributed by atoms with Crippen molar-refractivity contribution in [2.24, 2.45) is 11.8 Å². The topological polar surface area (TPSA) is 41.1 Å². The Kier molecular flexibility index (Phi) is 7.31. The van der Waals surface area contributed by atoms with E-state index in [0.717, 1.165) is 25.1 Å². The van der Waals surface area contributed by atoms with Gasteiger partial charge < -0.3 is 10.6 Å². The lowest BCUT2D eigenvalue weighted by atomic mass is 9.85. The number of amides is 1. The zero-order chi connectivity index (χ0) is 15.0. The quantitative estimate of drug-likeness (QED) is 0.766. The van der Waals surface area contributed by atoms with Crippen LogP contribution in [0.3, 0.4) is 0 Å². The van der Waals surface area contributed by atoms with Crippen molar-refractivity contribution in [3.05, 3.63) is 35.9 Å². The molecule has 0 saturated heterocycles. The lowest BCUT2D eigenvalue weighted by Gasteiger charge is -2.23. The summed E-state index contributed by atoms with van der Waals surface area (Å²) in [5, 5.41) is 6.24. The summed E-state index contributed by atoms with van der Waals surface area (Å²) in [6.45, 7) is 8.06. The van der Waals surface area contributed by atoms with Gasteiger partial charge in [-0.15, -0.1) is 0 Å². The van der Waals surface area contributed by atoms with Crippen LogP contribution in [0.2, 0.25) is 0 Å². The molecule has 0 spiro atoms. The molecule has 0 saturated carbocycles. The summed E-state index contributed by atoms with van der Waals surface area (Å²) in [5.41, 5.74) is 1.11. The van der Waals surface area contributed by atoms with Crippen molar-refractivity contribution >= 4 is 5.91 Å². The van der Waals surface area contributed by atoms with E-state index in [1.165, 1.54) is 0 Å². The molecule has 1 aromatic rings. The molecule has 1 rings (SSSR count). The van der Waals surface area contributed by atoms with Crippen LogP contribution in [-0.4, -0.2) is 26.0 Å². The molecule has 0 radical (unpaired) electrons. The van der Waals surface area contributed by atoms with Gasteiger partial charge in [-0.25, -0.2) is 0 Å². The number of hydrogen-bond acceptors (Lipinski definition) is 2. The van der Waals surface area contributed by atoms with Crippen molar-refractivity contribution in [1.29, 1.82) is 0 Å². The molecule has 3 unspecified atom stereocenters. The predicted molar refractivity (Wildman–Crippen MR) is 84.7 cm³/mol. The molecule has 0 bridgehead atoms. The van der Waals surface area contributed by atoms with Crippen LogP contribution in [-0.2, 0) is 4.79 Å². The van der Waals surface area contributed by atoms with Crippen molar-refractivity contribution in [2.45, 2.75) is 33.1 Å². The van der Waals surface area contributed by atoms with E-state index in [2.05, 4.69) is 31.4 Å². The molecule has 0 heterocycles. The first kappa shape index (κ1) is 16.7. The largest absolute Gasteiger partial charge is 0.355 e. The van der Waals surface area contributed by atoms with Gasteiger partial charge in [0.05, 0.1) is 5.92 Å². The predicted octanol–water partition coefficient (Wildman–Crippen LogP) is 2.79. The van der Waals surface area contributed by atoms with E-state index in [1.807, 2.05) is 37.4 Å². The molecule has 0 aliphatic heterocycles. The molecule has 2 N–H and O–H groups in total. The minimum Gasteiger partial charge on any atom is -0.355 e. The Labute approximate surface area is 123 Å². The Morgan fingerprint density at radius 1 is 1.15 bits per heavy atom. The Bertz CT molecular complexity index is 391. The van der Waals surface area contributed by atoms with E-state index < -0.39 is 0 Å². The number of nitrogens with one attached hydrogen (secondary N) is 2. The molecule has 1 amide bonds. The Hall–Kier alpha value is -1.35. The van der Waals surface area contributed by atoms with E-state index in [9.17, 15) is 4.79 Å². The van der Waals surface area contributed by atoms with Gasteiger partial charge in [-0.05, 0) is 31.0 Å². The van der Waals surface area contributed by atoms with Crippen LogP contribution in [0.15, 0.2) is 30.3 Å². The van der Waals surface area contributed by atoms with Gasteiger partial charge in [-0.3, -0.25) is 4.79 Å². The number of hydrogen-bond donors (Lipinski definition) is 2. The molecule has 0 aliphatic carbocycles. The van der Waals surface area contributed by atoms with Crippen LogP contribution < -0.4 is 10.6 Å². The molecule has 3 heteroatoms. The van der Waals surface area contributed by atoms with Gasteiger partial charge in [0.15, 0.2) is 0 Å². The van der Waals surface area contributed by atoms with Crippen molar-refractivity contribution in [2.75, 3.05) is 20.1 Å². The smallest absolute Gasteiger partial charge is 0.227 e. The molecule has 0 fully saturated rings. The highest BCUT2D eigenvalue weighted by atomic mass is 16.1. The maximum absolute atomic E-state index is 12.5. The van der Waals surface area contributed by atoms with Crippen molar-refractivity contribution in [3.8, 4) is 0 Å². The number of rotatable bonds is 8. The van der Waals surface area contributed by atoms with E-state index in [0.29, 0.717) is 11.8 Å². The van der Waals surface area contributed by atoms with Gasteiger partial charge in [0.2, 0.25) is 5.91 Å². The van der Waals surface area contributed by atoms with Gasteiger partial charge >= 0.3 is 0 Å². The number of carbonyl (C=O) groups is 1. The fraction of sp³-hybridized carbons (Fsp3) is 0.588. The number of carbonyl (C=O) groups excluding carboxylic acids is 1. The summed E-state index contributed by atoms with van der Waals surface area (Å²) in [6, 6.07) is 10.1. The SMILES string of the molecule is CCC(C)C(C(=O)NCC(C)CNC)c1ccccc1. The highest BCUT2D eigenvalue weighted by Gasteiger charge is 2.25. The van der Waals surface area contributed by atoms with E-state index in [1.54, 1.807) is 0 Å². The minimum absolute atomic E-state index is 0.0528. The monoisotopic (exact) mass is 276 g/mol. The minimum atomic E-state index is -0.0528. The average Bonchev–Trinajstić information content (AvgIpc) is 2.46. The third-order valence-electron chi connectivity index (χ3n) is 3.83. The van der Waals surface area contributed by atoms with E-state index >= 15 is 0 Å². The maximum atomic E-state index is 12.5. The summed E-state index contributed by atoms with van der Waals surface area (Å²) in [5.74, 6) is 0.880. The van der Waals surface area contributed by atoms with Crippen molar-refractivity contribution < 1.29 is 4.79 Å². The summed E-state index contributed by atoms with van der Waals surface area (Å²) < 4.78 is 0. The van der Waals surface area contributed by atoms with Gasteiger partial charge in [0.25, 0.3) is 0 Å². The zero-order valence-electron chi connectivity index (χ0n) is 13.1. The Balaban J connectivity index is 2.71. The molecular weight excluding hydrogens is 248 g/mol. The van der Waals surface area contributed by atoms with Crippen LogP contribution in [0.5, 0.6) is 0 Å². The molecular formula is C17H28N2O. The average molecular weight is 276 g/mol. The fourth-order valence-electron chi connectivity index (χ4n) is 2.44. The Morgan fingerprint density at radius 2 is 1.80 bits per heavy atom. The lowest BCUT2D eigenvalue weighted by Crippen LogP contribution is -2.37. The molecule has 20 heavy (non-hydrogen) atoms. The summed E-state index contributed by atoms with van der Waals surface area (Å²) >= 11 is 0. The van der Waals surface area contributed by atoms with Crippen molar-refractivity contribution in [3.63, 3.8) is 0 Å². The standard InChI is InChI=1S/C17H28N2O/c1-5-14(3)16(15-9-7-6-8-10-15)17(20)19-12-13(2)11-18-4/h6-10,13-14,16,18H,5,11-12H2,1-4H3,(H,19,20). The maximum Gasteiger partial charge on any atom is 0.227 e. The van der Waals surface area contributed by atoms with Crippen LogP contribution >= 0.6 is 0 Å². The molecule has 0 aromatic heterocycles. The fourth-order valence-corrected chi connectivity index (χ4v) is 2.44. The molecule has 3 atom stereocenters.